The molecule has 1 spiro atoms. The number of likely N-dealkylation sites (N-methyl/N-ethyl adjacent to an activating group) is 6. The van der Waals surface area contributed by atoms with E-state index in [0.717, 1.165) is 17.7 Å². The lowest BCUT2D eigenvalue weighted by atomic mass is 9.78. The molecule has 107 heavy (non-hydrogen) atoms. The molecule has 4 aliphatic carbocycles. The molecule has 4 saturated carbocycles. The molecule has 8 aliphatic rings. The summed E-state index contributed by atoms with van der Waals surface area (Å²) in [5.41, 5.74) is -1.59. The van der Waals surface area contributed by atoms with Crippen molar-refractivity contribution in [1.82, 2.24) is 60.0 Å². The van der Waals surface area contributed by atoms with Crippen molar-refractivity contribution in [2.75, 3.05) is 81.6 Å². The Bertz CT molecular complexity index is 3140. The third-order valence-corrected chi connectivity index (χ3v) is 25.3. The first kappa shape index (κ1) is 86.2. The zero-order valence-electron chi connectivity index (χ0n) is 65.4. The average Bonchev–Trinajstić information content (AvgIpc) is 1.74. The number of carbonyl (C=O) groups excluding carboxylic acids is 12. The lowest BCUT2D eigenvalue weighted by Crippen LogP contribution is -2.65. The van der Waals surface area contributed by atoms with E-state index in [1.54, 1.807) is 11.8 Å². The standard InChI is InChI=1S/C77H123ClF4N12O13/c1-13-47(4)65-73(104)87(8)45-64(97)88(9)58-24-15-14-20-36-94(72(58)103)61(40-51-26-30-53(79)31-27-51)70(101)86(7)44-62(95)83-56(33-29-50-28-32-54(55(78)39-50)77(80,81)82)69(100)93-37-21-25-57(93)68(99)85-76(34-18-19-35-76)75(106)91(12)66(52-22-16-17-23-52)74(105)90(11)60(71(102)92-42-48(5)107-49(6)43-92)41-63(96)89(10)59(38-46(2)3)67(98)84-65/h46-61,65-66H,13-45H2,1-12H3,(H,83,95)(H,84,98)(H,85,99)/t47-,48-,49+,50?,51?,53?,54?,55?,56-,57-,58-,59-,60-,61-,65-,66-/m0/s1. The van der Waals surface area contributed by atoms with Crippen LogP contribution in [0.1, 0.15) is 215 Å². The number of hydrogen-bond acceptors (Lipinski definition) is 13. The molecule has 25 nitrogen and oxygen atoms in total. The summed E-state index contributed by atoms with van der Waals surface area (Å²) >= 11 is 6.44. The van der Waals surface area contributed by atoms with Gasteiger partial charge < -0.3 is 64.8 Å². The number of fused-ring (bicyclic) bond motifs is 3. The first-order chi connectivity index (χ1) is 50.5. The van der Waals surface area contributed by atoms with Crippen LogP contribution in [0.2, 0.25) is 0 Å². The SMILES string of the molecule is CC[C@H](C)[C@@H]1NC(=O)[C@H](CC(C)C)N(C)C(=O)C[C@@H](C(=O)N2C[C@@H](C)O[C@@H](C)C2)N(C)C(=O)[C@H](C2CCCC2)N(C)C(=O)C2(CCCC2)NC(=O)[C@@H]2CCCN2C(=O)[C@H](CCC2CCC(C(F)(F)F)C(Cl)C2)NC(=O)CN(C)C(=O)[C@H](CC2CCC(F)CC2)N2CCCCC[C@@H](C2=O)N(C)C(=O)CN(C)C1=O. The summed E-state index contributed by atoms with van der Waals surface area (Å²) in [5.74, 6) is -11.2. The van der Waals surface area contributed by atoms with E-state index < -0.39 is 192 Å². The lowest BCUT2D eigenvalue weighted by molar-refractivity contribution is -0.182. The summed E-state index contributed by atoms with van der Waals surface area (Å²) in [5, 5.41) is 7.64. The molecule has 30 heteroatoms. The minimum Gasteiger partial charge on any atom is -0.372 e. The number of alkyl halides is 5. The molecule has 4 saturated heterocycles. The lowest BCUT2D eigenvalue weighted by Gasteiger charge is -2.43. The van der Waals surface area contributed by atoms with Crippen LogP contribution in [-0.2, 0) is 62.3 Å². The number of carbonyl (C=O) groups is 12. The first-order valence-corrected chi connectivity index (χ1v) is 40.3. The Morgan fingerprint density at radius 3 is 1.83 bits per heavy atom. The van der Waals surface area contributed by atoms with Crippen LogP contribution in [0.3, 0.4) is 0 Å². The van der Waals surface area contributed by atoms with Gasteiger partial charge in [-0.1, -0.05) is 72.6 Å². The molecule has 4 heterocycles. The van der Waals surface area contributed by atoms with Crippen LogP contribution < -0.4 is 16.0 Å². The van der Waals surface area contributed by atoms with Gasteiger partial charge >= 0.3 is 6.18 Å². The van der Waals surface area contributed by atoms with Gasteiger partial charge in [-0.15, -0.1) is 11.6 Å². The number of nitrogens with one attached hydrogen (secondary N) is 3. The van der Waals surface area contributed by atoms with Gasteiger partial charge in [0.05, 0.1) is 37.6 Å². The zero-order valence-corrected chi connectivity index (χ0v) is 66.2. The van der Waals surface area contributed by atoms with Gasteiger partial charge in [0.1, 0.15) is 60.0 Å². The van der Waals surface area contributed by atoms with Crippen LogP contribution in [-0.4, -0.2) is 280 Å². The Labute approximate surface area is 635 Å². The Morgan fingerprint density at radius 2 is 1.21 bits per heavy atom. The average molecular weight is 1540 g/mol. The maximum Gasteiger partial charge on any atom is 0.393 e. The summed E-state index contributed by atoms with van der Waals surface area (Å²) < 4.78 is 63.1. The van der Waals surface area contributed by atoms with Crippen molar-refractivity contribution in [2.45, 2.75) is 299 Å². The second-order valence-electron chi connectivity index (χ2n) is 33.3. The van der Waals surface area contributed by atoms with Crippen molar-refractivity contribution < 1.29 is 79.8 Å². The van der Waals surface area contributed by atoms with E-state index in [1.165, 1.54) is 76.6 Å². The quantitative estimate of drug-likeness (QED) is 0.139. The summed E-state index contributed by atoms with van der Waals surface area (Å²) in [6.45, 7) is 10.2. The van der Waals surface area contributed by atoms with Gasteiger partial charge in [0.15, 0.2) is 0 Å². The third kappa shape index (κ3) is 21.4. The minimum atomic E-state index is -4.53. The number of ether oxygens (including phenoxy) is 1. The Morgan fingerprint density at radius 1 is 0.607 bits per heavy atom. The highest BCUT2D eigenvalue weighted by Gasteiger charge is 2.53. The van der Waals surface area contributed by atoms with Gasteiger partial charge in [-0.05, 0) is 165 Å². The molecular formula is C77H123ClF4N12O13. The zero-order chi connectivity index (χ0) is 78.7. The van der Waals surface area contributed by atoms with Crippen LogP contribution in [0.15, 0.2) is 0 Å². The molecule has 0 aromatic rings. The Kier molecular flexibility index (Phi) is 30.6. The molecule has 4 aliphatic heterocycles. The van der Waals surface area contributed by atoms with E-state index in [-0.39, 0.29) is 127 Å². The van der Waals surface area contributed by atoms with Gasteiger partial charge in [0, 0.05) is 73.8 Å². The number of amides is 12. The second kappa shape index (κ2) is 38.0. The summed E-state index contributed by atoms with van der Waals surface area (Å²) in [4.78, 5) is 195. The number of hydrogen-bond donors (Lipinski definition) is 3. The van der Waals surface area contributed by atoms with E-state index >= 15 is 43.2 Å². The van der Waals surface area contributed by atoms with Crippen molar-refractivity contribution >= 4 is 82.5 Å². The topological polar surface area (TPSA) is 279 Å². The summed E-state index contributed by atoms with van der Waals surface area (Å²) in [6, 6.07) is -10.0. The van der Waals surface area contributed by atoms with E-state index in [4.69, 9.17) is 16.3 Å². The van der Waals surface area contributed by atoms with Gasteiger partial charge in [-0.25, -0.2) is 4.39 Å². The Hall–Kier alpha value is -6.39. The molecule has 12 amide bonds. The molecule has 14 atom stereocenters. The fourth-order valence-corrected chi connectivity index (χ4v) is 18.8. The maximum atomic E-state index is 15.9. The number of rotatable bonds is 11. The van der Waals surface area contributed by atoms with E-state index in [0.29, 0.717) is 70.6 Å². The highest BCUT2D eigenvalue weighted by Crippen LogP contribution is 2.44. The van der Waals surface area contributed by atoms with Crippen molar-refractivity contribution in [3.63, 3.8) is 0 Å². The van der Waals surface area contributed by atoms with Crippen LogP contribution in [0, 0.1) is 35.5 Å². The highest BCUT2D eigenvalue weighted by atomic mass is 35.5. The number of morpholine rings is 1. The van der Waals surface area contributed by atoms with E-state index in [1.807, 2.05) is 34.6 Å². The largest absolute Gasteiger partial charge is 0.393 e. The summed E-state index contributed by atoms with van der Waals surface area (Å²) in [7, 11) is 8.63. The maximum absolute atomic E-state index is 15.9. The molecule has 604 valence electrons. The highest BCUT2D eigenvalue weighted by molar-refractivity contribution is 6.21. The van der Waals surface area contributed by atoms with Gasteiger partial charge in [0.25, 0.3) is 0 Å². The normalized spacial score (nSPS) is 32.9. The van der Waals surface area contributed by atoms with Crippen LogP contribution >= 0.6 is 11.6 Å². The first-order valence-electron chi connectivity index (χ1n) is 39.8. The Balaban J connectivity index is 1.19. The number of halogens is 5. The molecular weight excluding hydrogens is 1410 g/mol. The van der Waals surface area contributed by atoms with Gasteiger partial charge in [-0.2, -0.15) is 13.2 Å². The molecule has 8 rings (SSSR count). The van der Waals surface area contributed by atoms with Crippen LogP contribution in [0.4, 0.5) is 17.6 Å². The molecule has 0 aromatic carbocycles. The second-order valence-corrected chi connectivity index (χ2v) is 33.8. The van der Waals surface area contributed by atoms with Crippen molar-refractivity contribution in [3.8, 4) is 0 Å². The van der Waals surface area contributed by atoms with E-state index in [2.05, 4.69) is 16.0 Å². The molecule has 0 aromatic heterocycles. The molecule has 3 unspecified atom stereocenters. The summed E-state index contributed by atoms with van der Waals surface area (Å²) in [6.07, 6.45) is 0.935. The fourth-order valence-electron chi connectivity index (χ4n) is 18.2. The molecule has 8 fully saturated rings. The smallest absolute Gasteiger partial charge is 0.372 e. The van der Waals surface area contributed by atoms with Gasteiger partial charge in [-0.3, -0.25) is 57.5 Å². The van der Waals surface area contributed by atoms with Gasteiger partial charge in [0.2, 0.25) is 70.9 Å². The van der Waals surface area contributed by atoms with E-state index in [9.17, 15) is 31.9 Å². The molecule has 2 bridgehead atoms. The van der Waals surface area contributed by atoms with Crippen LogP contribution in [0.25, 0.3) is 0 Å². The van der Waals surface area contributed by atoms with Crippen molar-refractivity contribution in [3.05, 3.63) is 0 Å². The number of nitrogens with zero attached hydrogens (tertiary/aromatic N) is 9. The monoisotopic (exact) mass is 1530 g/mol. The predicted molar refractivity (Wildman–Crippen MR) is 393 cm³/mol. The molecule has 0 radical (unpaired) electrons. The van der Waals surface area contributed by atoms with Crippen molar-refractivity contribution in [2.24, 2.45) is 35.5 Å². The molecule has 3 N–H and O–H groups in total. The van der Waals surface area contributed by atoms with Crippen LogP contribution in [0.5, 0.6) is 0 Å². The van der Waals surface area contributed by atoms with Crippen molar-refractivity contribution in [1.29, 1.82) is 0 Å². The predicted octanol–water partition coefficient (Wildman–Crippen LogP) is 6.98. The fraction of sp³-hybridized carbons (Fsp3) is 0.844. The third-order valence-electron chi connectivity index (χ3n) is 24.8. The minimum absolute atomic E-state index is 0.0204.